The molecule has 6 heteroatoms. The zero-order chi connectivity index (χ0) is 15.6. The lowest BCUT2D eigenvalue weighted by Crippen LogP contribution is -2.40. The van der Waals surface area contributed by atoms with Gasteiger partial charge >= 0.3 is 0 Å². The smallest absolute Gasteiger partial charge is 0.222 e. The van der Waals surface area contributed by atoms with Crippen LogP contribution in [0.25, 0.3) is 11.2 Å². The van der Waals surface area contributed by atoms with Crippen LogP contribution in [-0.4, -0.2) is 26.0 Å². The number of carbonyl (C=O) groups excluding carboxylic acids is 1. The molecule has 0 saturated heterocycles. The van der Waals surface area contributed by atoms with Crippen molar-refractivity contribution in [2.24, 2.45) is 0 Å². The molecule has 0 radical (unpaired) electrons. The maximum atomic E-state index is 12.0. The number of pyridine rings is 1. The van der Waals surface area contributed by atoms with Gasteiger partial charge in [-0.25, -0.2) is 9.97 Å². The molecule has 0 aliphatic carbocycles. The Hall–Kier alpha value is -1.62. The first kappa shape index (κ1) is 15.8. The van der Waals surface area contributed by atoms with Crippen molar-refractivity contribution in [2.45, 2.75) is 52.1 Å². The molecule has 0 bridgehead atoms. The Balaban J connectivity index is 2.21. The van der Waals surface area contributed by atoms with Crippen LogP contribution in [0.2, 0.25) is 0 Å². The van der Waals surface area contributed by atoms with Gasteiger partial charge in [0, 0.05) is 24.2 Å². The third-order valence-corrected chi connectivity index (χ3v) is 3.25. The third-order valence-electron chi connectivity index (χ3n) is 3.01. The van der Waals surface area contributed by atoms with Crippen LogP contribution in [0.4, 0.5) is 0 Å². The SMILES string of the molecule is Cc1ccc2nc(CCl)n(CCC(=O)NC(C)(C)C)c2n1. The number of amides is 1. The largest absolute Gasteiger partial charge is 0.351 e. The van der Waals surface area contributed by atoms with Crippen LogP contribution in [-0.2, 0) is 17.2 Å². The predicted octanol–water partition coefficient (Wildman–Crippen LogP) is 2.78. The molecule has 0 spiro atoms. The summed E-state index contributed by atoms with van der Waals surface area (Å²) in [6.07, 6.45) is 0.377. The number of nitrogens with zero attached hydrogens (tertiary/aromatic N) is 3. The summed E-state index contributed by atoms with van der Waals surface area (Å²) in [5.74, 6) is 1.06. The van der Waals surface area contributed by atoms with Crippen LogP contribution in [0.1, 0.15) is 38.7 Å². The number of aromatic nitrogens is 3. The minimum absolute atomic E-state index is 0.0116. The molecule has 0 aromatic carbocycles. The van der Waals surface area contributed by atoms with Crippen LogP contribution in [0, 0.1) is 6.92 Å². The van der Waals surface area contributed by atoms with E-state index in [-0.39, 0.29) is 11.4 Å². The van der Waals surface area contributed by atoms with Gasteiger partial charge in [-0.2, -0.15) is 0 Å². The fourth-order valence-corrected chi connectivity index (χ4v) is 2.38. The van der Waals surface area contributed by atoms with Gasteiger partial charge in [-0.3, -0.25) is 4.79 Å². The number of rotatable bonds is 4. The van der Waals surface area contributed by atoms with E-state index in [0.717, 1.165) is 22.7 Å². The monoisotopic (exact) mass is 308 g/mol. The minimum Gasteiger partial charge on any atom is -0.351 e. The van der Waals surface area contributed by atoms with Gasteiger partial charge < -0.3 is 9.88 Å². The highest BCUT2D eigenvalue weighted by Crippen LogP contribution is 2.17. The normalized spacial score (nSPS) is 11.9. The number of hydrogen-bond acceptors (Lipinski definition) is 3. The number of aryl methyl sites for hydroxylation is 2. The highest BCUT2D eigenvalue weighted by Gasteiger charge is 2.16. The maximum absolute atomic E-state index is 12.0. The van der Waals surface area contributed by atoms with Gasteiger partial charge in [0.15, 0.2) is 5.65 Å². The molecule has 5 nitrogen and oxygen atoms in total. The summed E-state index contributed by atoms with van der Waals surface area (Å²) in [4.78, 5) is 20.9. The van der Waals surface area contributed by atoms with Crippen LogP contribution in [0.3, 0.4) is 0 Å². The summed E-state index contributed by atoms with van der Waals surface area (Å²) in [6, 6.07) is 3.85. The van der Waals surface area contributed by atoms with Gasteiger partial charge in [0.1, 0.15) is 11.3 Å². The zero-order valence-corrected chi connectivity index (χ0v) is 13.7. The fourth-order valence-electron chi connectivity index (χ4n) is 2.17. The number of alkyl halides is 1. The lowest BCUT2D eigenvalue weighted by atomic mass is 10.1. The first-order valence-electron chi connectivity index (χ1n) is 7.00. The lowest BCUT2D eigenvalue weighted by Gasteiger charge is -2.20. The van der Waals surface area contributed by atoms with Crippen LogP contribution >= 0.6 is 11.6 Å². The van der Waals surface area contributed by atoms with E-state index in [2.05, 4.69) is 15.3 Å². The molecule has 0 saturated carbocycles. The van der Waals surface area contributed by atoms with Crippen molar-refractivity contribution in [3.05, 3.63) is 23.7 Å². The number of fused-ring (bicyclic) bond motifs is 1. The first-order chi connectivity index (χ1) is 9.80. The topological polar surface area (TPSA) is 59.8 Å². The minimum atomic E-state index is -0.224. The molecule has 0 aliphatic rings. The Kier molecular flexibility index (Phi) is 4.52. The number of hydrogen-bond donors (Lipinski definition) is 1. The molecule has 21 heavy (non-hydrogen) atoms. The molecule has 0 aliphatic heterocycles. The Bertz CT molecular complexity index is 657. The highest BCUT2D eigenvalue weighted by atomic mass is 35.5. The van der Waals surface area contributed by atoms with Crippen molar-refractivity contribution >= 4 is 28.7 Å². The summed E-state index contributed by atoms with van der Waals surface area (Å²) in [5.41, 5.74) is 2.30. The van der Waals surface area contributed by atoms with Gasteiger partial charge in [-0.15, -0.1) is 11.6 Å². The second-order valence-corrected chi connectivity index (χ2v) is 6.42. The summed E-state index contributed by atoms with van der Waals surface area (Å²) in [5, 5.41) is 2.95. The molecule has 2 aromatic rings. The summed E-state index contributed by atoms with van der Waals surface area (Å²) < 4.78 is 1.93. The Morgan fingerprint density at radius 2 is 2.05 bits per heavy atom. The third kappa shape index (κ3) is 3.94. The molecule has 1 amide bonds. The fraction of sp³-hybridized carbons (Fsp3) is 0.533. The molecular formula is C15H21ClN4O. The van der Waals surface area contributed by atoms with E-state index in [0.29, 0.717) is 18.8 Å². The predicted molar refractivity (Wildman–Crippen MR) is 84.3 cm³/mol. The van der Waals surface area contributed by atoms with E-state index >= 15 is 0 Å². The molecule has 1 N–H and O–H groups in total. The van der Waals surface area contributed by atoms with E-state index in [4.69, 9.17) is 11.6 Å². The van der Waals surface area contributed by atoms with E-state index in [1.807, 2.05) is 44.4 Å². The molecule has 2 rings (SSSR count). The summed E-state index contributed by atoms with van der Waals surface area (Å²) in [7, 11) is 0. The van der Waals surface area contributed by atoms with Crippen molar-refractivity contribution in [3.63, 3.8) is 0 Å². The van der Waals surface area contributed by atoms with E-state index in [1.165, 1.54) is 0 Å². The van der Waals surface area contributed by atoms with Gasteiger partial charge in [0.05, 0.1) is 5.88 Å². The standard InChI is InChI=1S/C15H21ClN4O/c1-10-5-6-11-14(17-10)20(12(9-16)18-11)8-7-13(21)19-15(2,3)4/h5-6H,7-9H2,1-4H3,(H,19,21). The summed E-state index contributed by atoms with van der Waals surface area (Å²) >= 11 is 5.95. The number of imidazole rings is 1. The Morgan fingerprint density at radius 1 is 1.33 bits per heavy atom. The second kappa shape index (κ2) is 6.02. The van der Waals surface area contributed by atoms with Crippen molar-refractivity contribution < 1.29 is 4.79 Å². The number of carbonyl (C=O) groups is 1. The van der Waals surface area contributed by atoms with Crippen LogP contribution in [0.15, 0.2) is 12.1 Å². The molecule has 2 aromatic heterocycles. The average Bonchev–Trinajstić information content (AvgIpc) is 2.71. The second-order valence-electron chi connectivity index (χ2n) is 6.16. The molecule has 114 valence electrons. The molecular weight excluding hydrogens is 288 g/mol. The average molecular weight is 309 g/mol. The molecule has 0 fully saturated rings. The van der Waals surface area contributed by atoms with Crippen molar-refractivity contribution in [1.29, 1.82) is 0 Å². The Morgan fingerprint density at radius 3 is 2.67 bits per heavy atom. The number of halogens is 1. The molecule has 0 atom stereocenters. The van der Waals surface area contributed by atoms with Crippen LogP contribution < -0.4 is 5.32 Å². The Labute approximate surface area is 129 Å². The van der Waals surface area contributed by atoms with Crippen LogP contribution in [0.5, 0.6) is 0 Å². The molecule has 0 unspecified atom stereocenters. The maximum Gasteiger partial charge on any atom is 0.222 e. The summed E-state index contributed by atoms with van der Waals surface area (Å²) in [6.45, 7) is 8.35. The van der Waals surface area contributed by atoms with E-state index in [9.17, 15) is 4.79 Å². The first-order valence-corrected chi connectivity index (χ1v) is 7.53. The van der Waals surface area contributed by atoms with Gasteiger partial charge in [0.2, 0.25) is 5.91 Å². The van der Waals surface area contributed by atoms with Crippen molar-refractivity contribution in [3.8, 4) is 0 Å². The molecule has 2 heterocycles. The van der Waals surface area contributed by atoms with Crippen molar-refractivity contribution in [1.82, 2.24) is 19.9 Å². The quantitative estimate of drug-likeness (QED) is 0.884. The zero-order valence-electron chi connectivity index (χ0n) is 12.9. The van der Waals surface area contributed by atoms with E-state index in [1.54, 1.807) is 0 Å². The lowest BCUT2D eigenvalue weighted by molar-refractivity contribution is -0.122. The number of nitrogens with one attached hydrogen (secondary N) is 1. The van der Waals surface area contributed by atoms with E-state index < -0.39 is 0 Å². The highest BCUT2D eigenvalue weighted by molar-refractivity contribution is 6.16. The van der Waals surface area contributed by atoms with Gasteiger partial charge in [-0.1, -0.05) is 0 Å². The van der Waals surface area contributed by atoms with Gasteiger partial charge in [0.25, 0.3) is 0 Å². The van der Waals surface area contributed by atoms with Gasteiger partial charge in [-0.05, 0) is 39.8 Å². The van der Waals surface area contributed by atoms with Crippen molar-refractivity contribution in [2.75, 3.05) is 0 Å².